The van der Waals surface area contributed by atoms with Gasteiger partial charge in [-0.1, -0.05) is 0 Å². The fourth-order valence-corrected chi connectivity index (χ4v) is 5.75. The first-order chi connectivity index (χ1) is 14.9. The molecular weight excluding hydrogens is 438 g/mol. The maximum atomic E-state index is 13.0. The summed E-state index contributed by atoms with van der Waals surface area (Å²) >= 11 is 1.29. The molecule has 0 unspecified atom stereocenters. The number of benzene rings is 2. The zero-order valence-electron chi connectivity index (χ0n) is 17.0. The largest absolute Gasteiger partial charge is 0.497 e. The standard InChI is InChI=1S/C21H21N3O5S2/c1-28-15-5-3-14(4-6-15)20(25)23-21-22-18-11-12-24(13-19(18)30-21)31(26,27)17-9-7-16(29-2)8-10-17/h3-10H,11-13H2,1-2H3,(H,22,23,25). The van der Waals surface area contributed by atoms with Crippen LogP contribution >= 0.6 is 11.3 Å². The smallest absolute Gasteiger partial charge is 0.257 e. The van der Waals surface area contributed by atoms with E-state index in [1.54, 1.807) is 43.5 Å². The third-order valence-corrected chi connectivity index (χ3v) is 7.82. The molecule has 0 radical (unpaired) electrons. The second kappa shape index (κ2) is 8.66. The first kappa shape index (κ1) is 21.3. The fourth-order valence-electron chi connectivity index (χ4n) is 3.24. The predicted molar refractivity (Wildman–Crippen MR) is 117 cm³/mol. The van der Waals surface area contributed by atoms with Crippen molar-refractivity contribution in [2.24, 2.45) is 0 Å². The highest BCUT2D eigenvalue weighted by Crippen LogP contribution is 2.31. The molecule has 0 saturated heterocycles. The van der Waals surface area contributed by atoms with Crippen LogP contribution in [0.2, 0.25) is 0 Å². The van der Waals surface area contributed by atoms with Crippen molar-refractivity contribution < 1.29 is 22.7 Å². The Morgan fingerprint density at radius 2 is 1.65 bits per heavy atom. The van der Waals surface area contributed by atoms with Crippen LogP contribution in [-0.4, -0.2) is 44.4 Å². The Bertz CT molecular complexity index is 1190. The molecule has 2 heterocycles. The number of rotatable bonds is 6. The fraction of sp³-hybridized carbons (Fsp3) is 0.238. The topological polar surface area (TPSA) is 97.8 Å². The number of hydrogen-bond acceptors (Lipinski definition) is 7. The molecule has 10 heteroatoms. The van der Waals surface area contributed by atoms with E-state index in [1.807, 2.05) is 0 Å². The van der Waals surface area contributed by atoms with E-state index >= 15 is 0 Å². The SMILES string of the molecule is COc1ccc(C(=O)Nc2nc3c(s2)CN(S(=O)(=O)c2ccc(OC)cc2)CC3)cc1. The number of aromatic nitrogens is 1. The summed E-state index contributed by atoms with van der Waals surface area (Å²) in [7, 11) is -0.541. The van der Waals surface area contributed by atoms with Gasteiger partial charge in [-0.2, -0.15) is 4.31 Å². The lowest BCUT2D eigenvalue weighted by Crippen LogP contribution is -2.35. The van der Waals surface area contributed by atoms with E-state index in [9.17, 15) is 13.2 Å². The van der Waals surface area contributed by atoms with E-state index in [0.717, 1.165) is 10.6 Å². The van der Waals surface area contributed by atoms with E-state index in [0.29, 0.717) is 35.2 Å². The molecule has 0 aliphatic carbocycles. The maximum Gasteiger partial charge on any atom is 0.257 e. The van der Waals surface area contributed by atoms with Gasteiger partial charge in [0.25, 0.3) is 5.91 Å². The van der Waals surface area contributed by atoms with E-state index < -0.39 is 10.0 Å². The molecule has 31 heavy (non-hydrogen) atoms. The summed E-state index contributed by atoms with van der Waals surface area (Å²) in [6.07, 6.45) is 0.486. The summed E-state index contributed by atoms with van der Waals surface area (Å²) in [5.74, 6) is 0.982. The molecule has 0 spiro atoms. The molecule has 162 valence electrons. The zero-order valence-corrected chi connectivity index (χ0v) is 18.6. The molecule has 0 saturated carbocycles. The van der Waals surface area contributed by atoms with Crippen LogP contribution in [0, 0.1) is 0 Å². The summed E-state index contributed by atoms with van der Waals surface area (Å²) in [4.78, 5) is 18.0. The minimum Gasteiger partial charge on any atom is -0.497 e. The molecule has 0 atom stereocenters. The first-order valence-electron chi connectivity index (χ1n) is 9.49. The molecule has 3 aromatic rings. The average molecular weight is 460 g/mol. The summed E-state index contributed by atoms with van der Waals surface area (Å²) in [5.41, 5.74) is 1.30. The number of anilines is 1. The number of sulfonamides is 1. The van der Waals surface area contributed by atoms with Crippen molar-refractivity contribution in [1.82, 2.24) is 9.29 Å². The Labute approximate surface area is 184 Å². The molecule has 0 bridgehead atoms. The highest BCUT2D eigenvalue weighted by atomic mass is 32.2. The lowest BCUT2D eigenvalue weighted by atomic mass is 10.2. The van der Waals surface area contributed by atoms with E-state index in [-0.39, 0.29) is 17.3 Å². The van der Waals surface area contributed by atoms with Gasteiger partial charge in [-0.3, -0.25) is 10.1 Å². The molecule has 0 fully saturated rings. The molecule has 1 N–H and O–H groups in total. The number of hydrogen-bond donors (Lipinski definition) is 1. The Kier molecular flexibility index (Phi) is 5.94. The minimum atomic E-state index is -3.64. The van der Waals surface area contributed by atoms with Crippen LogP contribution in [0.5, 0.6) is 11.5 Å². The minimum absolute atomic E-state index is 0.217. The highest BCUT2D eigenvalue weighted by Gasteiger charge is 2.30. The van der Waals surface area contributed by atoms with Crippen molar-refractivity contribution in [2.45, 2.75) is 17.9 Å². The number of amides is 1. The Balaban J connectivity index is 1.48. The third kappa shape index (κ3) is 4.41. The lowest BCUT2D eigenvalue weighted by molar-refractivity contribution is 0.102. The zero-order chi connectivity index (χ0) is 22.0. The van der Waals surface area contributed by atoms with Gasteiger partial charge < -0.3 is 9.47 Å². The van der Waals surface area contributed by atoms with Crippen LogP contribution in [0.15, 0.2) is 53.4 Å². The van der Waals surface area contributed by atoms with Gasteiger partial charge in [0.15, 0.2) is 5.13 Å². The average Bonchev–Trinajstić information content (AvgIpc) is 3.20. The molecule has 1 aliphatic heterocycles. The monoisotopic (exact) mass is 459 g/mol. The number of nitrogens with zero attached hydrogens (tertiary/aromatic N) is 2. The van der Waals surface area contributed by atoms with E-state index in [1.165, 1.54) is 34.9 Å². The lowest BCUT2D eigenvalue weighted by Gasteiger charge is -2.25. The number of methoxy groups -OCH3 is 2. The molecule has 1 aromatic heterocycles. The van der Waals surface area contributed by atoms with Crippen molar-refractivity contribution in [3.63, 3.8) is 0 Å². The van der Waals surface area contributed by atoms with Crippen molar-refractivity contribution in [3.05, 3.63) is 64.7 Å². The maximum absolute atomic E-state index is 13.0. The van der Waals surface area contributed by atoms with Crippen LogP contribution < -0.4 is 14.8 Å². The van der Waals surface area contributed by atoms with Crippen molar-refractivity contribution >= 4 is 32.4 Å². The predicted octanol–water partition coefficient (Wildman–Crippen LogP) is 3.16. The van der Waals surface area contributed by atoms with Crippen molar-refractivity contribution in [3.8, 4) is 11.5 Å². The highest BCUT2D eigenvalue weighted by molar-refractivity contribution is 7.89. The number of fused-ring (bicyclic) bond motifs is 1. The third-order valence-electron chi connectivity index (χ3n) is 4.97. The van der Waals surface area contributed by atoms with Gasteiger partial charge in [-0.15, -0.1) is 11.3 Å². The molecular formula is C21H21N3O5S2. The molecule has 1 amide bonds. The second-order valence-electron chi connectivity index (χ2n) is 6.84. The van der Waals surface area contributed by atoms with Gasteiger partial charge in [-0.25, -0.2) is 13.4 Å². The number of ether oxygens (including phenoxy) is 2. The van der Waals surface area contributed by atoms with Crippen LogP contribution in [0.3, 0.4) is 0 Å². The van der Waals surface area contributed by atoms with Crippen molar-refractivity contribution in [2.75, 3.05) is 26.1 Å². The first-order valence-corrected chi connectivity index (χ1v) is 11.7. The number of carbonyl (C=O) groups excluding carboxylic acids is 1. The number of nitrogens with one attached hydrogen (secondary N) is 1. The summed E-state index contributed by atoms with van der Waals surface area (Å²) in [6, 6.07) is 13.1. The van der Waals surface area contributed by atoms with Gasteiger partial charge in [0.05, 0.1) is 31.4 Å². The quantitative estimate of drug-likeness (QED) is 0.608. The van der Waals surface area contributed by atoms with Crippen LogP contribution in [0.4, 0.5) is 5.13 Å². The van der Waals surface area contributed by atoms with Gasteiger partial charge in [0.1, 0.15) is 11.5 Å². The summed E-state index contributed by atoms with van der Waals surface area (Å²) in [6.45, 7) is 0.552. The van der Waals surface area contributed by atoms with Crippen LogP contribution in [0.25, 0.3) is 0 Å². The van der Waals surface area contributed by atoms with Crippen LogP contribution in [0.1, 0.15) is 20.9 Å². The number of carbonyl (C=O) groups is 1. The van der Waals surface area contributed by atoms with E-state index in [2.05, 4.69) is 10.3 Å². The van der Waals surface area contributed by atoms with Crippen LogP contribution in [-0.2, 0) is 23.0 Å². The van der Waals surface area contributed by atoms with Crippen molar-refractivity contribution in [1.29, 1.82) is 0 Å². The molecule has 1 aliphatic rings. The van der Waals surface area contributed by atoms with Gasteiger partial charge >= 0.3 is 0 Å². The summed E-state index contributed by atoms with van der Waals surface area (Å²) < 4.78 is 37.6. The van der Waals surface area contributed by atoms with Gasteiger partial charge in [0, 0.05) is 23.4 Å². The van der Waals surface area contributed by atoms with E-state index in [4.69, 9.17) is 9.47 Å². The Morgan fingerprint density at radius 1 is 1.03 bits per heavy atom. The normalized spacial score (nSPS) is 14.0. The molecule has 2 aromatic carbocycles. The molecule has 4 rings (SSSR count). The summed E-state index contributed by atoms with van der Waals surface area (Å²) in [5, 5.41) is 3.25. The van der Waals surface area contributed by atoms with Gasteiger partial charge in [-0.05, 0) is 48.5 Å². The second-order valence-corrected chi connectivity index (χ2v) is 9.86. The Morgan fingerprint density at radius 3 is 2.26 bits per heavy atom. The number of thiazole rings is 1. The Hall–Kier alpha value is -2.95. The van der Waals surface area contributed by atoms with Gasteiger partial charge in [0.2, 0.25) is 10.0 Å². The molecule has 8 nitrogen and oxygen atoms in total.